The number of para-hydroxylation sites is 1. The van der Waals surface area contributed by atoms with Gasteiger partial charge >= 0.3 is 0 Å². The molecular weight excluding hydrogens is 198 g/mol. The van der Waals surface area contributed by atoms with Crippen molar-refractivity contribution in [2.45, 2.75) is 51.2 Å². The van der Waals surface area contributed by atoms with Gasteiger partial charge in [-0.15, -0.1) is 0 Å². The van der Waals surface area contributed by atoms with Crippen LogP contribution in [0.25, 0.3) is 0 Å². The van der Waals surface area contributed by atoms with E-state index in [4.69, 9.17) is 10.5 Å². The molecule has 0 aliphatic heterocycles. The highest BCUT2D eigenvalue weighted by molar-refractivity contribution is 5.35. The van der Waals surface area contributed by atoms with Crippen LogP contribution < -0.4 is 10.5 Å². The van der Waals surface area contributed by atoms with Gasteiger partial charge in [-0.05, 0) is 38.7 Å². The lowest BCUT2D eigenvalue weighted by Crippen LogP contribution is -2.21. The van der Waals surface area contributed by atoms with E-state index in [1.54, 1.807) is 0 Å². The van der Waals surface area contributed by atoms with Crippen molar-refractivity contribution in [3.8, 4) is 5.75 Å². The standard InChI is InChI=1S/C14H21NO/c1-11(15)13-9-5-6-10-14(13)16-12-7-3-2-4-8-12/h5-6,9-12H,2-4,7-8,15H2,1H3/t11-/m0/s1. The summed E-state index contributed by atoms with van der Waals surface area (Å²) >= 11 is 0. The molecule has 0 aromatic heterocycles. The summed E-state index contributed by atoms with van der Waals surface area (Å²) in [4.78, 5) is 0. The molecule has 0 heterocycles. The third-order valence-corrected chi connectivity index (χ3v) is 3.26. The fourth-order valence-corrected chi connectivity index (χ4v) is 2.33. The molecule has 2 heteroatoms. The van der Waals surface area contributed by atoms with E-state index in [2.05, 4.69) is 6.07 Å². The molecule has 1 aromatic rings. The number of ether oxygens (including phenoxy) is 1. The SMILES string of the molecule is C[C@H](N)c1ccccc1OC1CCCCC1. The Morgan fingerprint density at radius 1 is 1.19 bits per heavy atom. The Morgan fingerprint density at radius 2 is 1.88 bits per heavy atom. The molecule has 1 saturated carbocycles. The molecule has 1 atom stereocenters. The van der Waals surface area contributed by atoms with Gasteiger partial charge in [0.15, 0.2) is 0 Å². The third-order valence-electron chi connectivity index (χ3n) is 3.26. The number of hydrogen-bond acceptors (Lipinski definition) is 2. The zero-order valence-electron chi connectivity index (χ0n) is 9.99. The maximum absolute atomic E-state index is 6.07. The highest BCUT2D eigenvalue weighted by atomic mass is 16.5. The molecule has 88 valence electrons. The Bertz CT molecular complexity index is 329. The van der Waals surface area contributed by atoms with Crippen molar-refractivity contribution in [2.24, 2.45) is 5.73 Å². The molecule has 0 spiro atoms. The molecule has 1 aliphatic carbocycles. The molecule has 1 fully saturated rings. The van der Waals surface area contributed by atoms with E-state index in [9.17, 15) is 0 Å². The fraction of sp³-hybridized carbons (Fsp3) is 0.571. The smallest absolute Gasteiger partial charge is 0.124 e. The molecule has 0 unspecified atom stereocenters. The van der Waals surface area contributed by atoms with E-state index < -0.39 is 0 Å². The zero-order valence-corrected chi connectivity index (χ0v) is 9.99. The van der Waals surface area contributed by atoms with E-state index in [1.165, 1.54) is 32.1 Å². The van der Waals surface area contributed by atoms with Gasteiger partial charge in [0, 0.05) is 11.6 Å². The fourth-order valence-electron chi connectivity index (χ4n) is 2.33. The van der Waals surface area contributed by atoms with Crippen molar-refractivity contribution < 1.29 is 4.74 Å². The molecule has 1 aliphatic rings. The normalized spacial score (nSPS) is 19.4. The van der Waals surface area contributed by atoms with Gasteiger partial charge in [-0.2, -0.15) is 0 Å². The van der Waals surface area contributed by atoms with E-state index in [0.29, 0.717) is 6.10 Å². The van der Waals surface area contributed by atoms with Crippen molar-refractivity contribution in [3.05, 3.63) is 29.8 Å². The second kappa shape index (κ2) is 5.35. The first-order chi connectivity index (χ1) is 7.77. The second-order valence-corrected chi connectivity index (χ2v) is 4.70. The van der Waals surface area contributed by atoms with Crippen molar-refractivity contribution in [3.63, 3.8) is 0 Å². The molecule has 0 saturated heterocycles. The minimum atomic E-state index is 0.0415. The van der Waals surface area contributed by atoms with Gasteiger partial charge in [0.05, 0.1) is 6.10 Å². The van der Waals surface area contributed by atoms with E-state index >= 15 is 0 Å². The Morgan fingerprint density at radius 3 is 2.56 bits per heavy atom. The highest BCUT2D eigenvalue weighted by Gasteiger charge is 2.16. The predicted octanol–water partition coefficient (Wildman–Crippen LogP) is 3.42. The molecule has 2 N–H and O–H groups in total. The van der Waals surface area contributed by atoms with Gasteiger partial charge in [-0.1, -0.05) is 24.6 Å². The molecule has 2 nitrogen and oxygen atoms in total. The van der Waals surface area contributed by atoms with Crippen LogP contribution in [0.1, 0.15) is 50.6 Å². The summed E-state index contributed by atoms with van der Waals surface area (Å²) in [6, 6.07) is 8.17. The van der Waals surface area contributed by atoms with E-state index in [-0.39, 0.29) is 6.04 Å². The molecule has 16 heavy (non-hydrogen) atoms. The van der Waals surface area contributed by atoms with Gasteiger partial charge in [0.2, 0.25) is 0 Å². The summed E-state index contributed by atoms with van der Waals surface area (Å²) in [5.74, 6) is 0.976. The number of hydrogen-bond donors (Lipinski definition) is 1. The summed E-state index contributed by atoms with van der Waals surface area (Å²) < 4.78 is 6.07. The van der Waals surface area contributed by atoms with Crippen molar-refractivity contribution in [1.29, 1.82) is 0 Å². The summed E-state index contributed by atoms with van der Waals surface area (Å²) in [5, 5.41) is 0. The average molecular weight is 219 g/mol. The lowest BCUT2D eigenvalue weighted by Gasteiger charge is -2.25. The average Bonchev–Trinajstić information content (AvgIpc) is 2.31. The van der Waals surface area contributed by atoms with Gasteiger partial charge in [-0.25, -0.2) is 0 Å². The maximum atomic E-state index is 6.07. The van der Waals surface area contributed by atoms with Crippen LogP contribution in [0.5, 0.6) is 5.75 Å². The Balaban J connectivity index is 2.07. The summed E-state index contributed by atoms with van der Waals surface area (Å²) in [6.07, 6.45) is 6.72. The topological polar surface area (TPSA) is 35.2 Å². The lowest BCUT2D eigenvalue weighted by atomic mass is 9.97. The van der Waals surface area contributed by atoms with E-state index in [1.807, 2.05) is 25.1 Å². The number of benzene rings is 1. The van der Waals surface area contributed by atoms with Crippen LogP contribution in [0.15, 0.2) is 24.3 Å². The zero-order chi connectivity index (χ0) is 11.4. The summed E-state index contributed by atoms with van der Waals surface area (Å²) in [7, 11) is 0. The summed E-state index contributed by atoms with van der Waals surface area (Å²) in [5.41, 5.74) is 7.06. The first kappa shape index (κ1) is 11.5. The van der Waals surface area contributed by atoms with Gasteiger partial charge in [-0.3, -0.25) is 0 Å². The number of nitrogens with two attached hydrogens (primary N) is 1. The van der Waals surface area contributed by atoms with Gasteiger partial charge in [0.25, 0.3) is 0 Å². The van der Waals surface area contributed by atoms with Crippen LogP contribution >= 0.6 is 0 Å². The molecule has 0 radical (unpaired) electrons. The van der Waals surface area contributed by atoms with Gasteiger partial charge < -0.3 is 10.5 Å². The number of rotatable bonds is 3. The Labute approximate surface area is 97.8 Å². The Kier molecular flexibility index (Phi) is 3.83. The molecule has 1 aromatic carbocycles. The maximum Gasteiger partial charge on any atom is 0.124 e. The van der Waals surface area contributed by atoms with Crippen molar-refractivity contribution in [1.82, 2.24) is 0 Å². The quantitative estimate of drug-likeness (QED) is 0.845. The monoisotopic (exact) mass is 219 g/mol. The first-order valence-corrected chi connectivity index (χ1v) is 6.28. The van der Waals surface area contributed by atoms with Crippen molar-refractivity contribution >= 4 is 0 Å². The van der Waals surface area contributed by atoms with Crippen molar-refractivity contribution in [2.75, 3.05) is 0 Å². The summed E-state index contributed by atoms with van der Waals surface area (Å²) in [6.45, 7) is 2.00. The Hall–Kier alpha value is -1.02. The van der Waals surface area contributed by atoms with Gasteiger partial charge in [0.1, 0.15) is 5.75 Å². The second-order valence-electron chi connectivity index (χ2n) is 4.70. The predicted molar refractivity (Wildman–Crippen MR) is 66.5 cm³/mol. The first-order valence-electron chi connectivity index (χ1n) is 6.28. The molecule has 0 amide bonds. The van der Waals surface area contributed by atoms with Crippen LogP contribution in [-0.2, 0) is 0 Å². The molecule has 2 rings (SSSR count). The lowest BCUT2D eigenvalue weighted by molar-refractivity contribution is 0.153. The van der Waals surface area contributed by atoms with Crippen LogP contribution in [0.4, 0.5) is 0 Å². The van der Waals surface area contributed by atoms with Crippen LogP contribution in [-0.4, -0.2) is 6.10 Å². The minimum Gasteiger partial charge on any atom is -0.490 e. The largest absolute Gasteiger partial charge is 0.490 e. The minimum absolute atomic E-state index is 0.0415. The van der Waals surface area contributed by atoms with Crippen LogP contribution in [0.2, 0.25) is 0 Å². The van der Waals surface area contributed by atoms with E-state index in [0.717, 1.165) is 11.3 Å². The highest BCUT2D eigenvalue weighted by Crippen LogP contribution is 2.28. The van der Waals surface area contributed by atoms with Crippen LogP contribution in [0.3, 0.4) is 0 Å². The third kappa shape index (κ3) is 2.76. The molecular formula is C14H21NO. The molecule has 0 bridgehead atoms. The van der Waals surface area contributed by atoms with Crippen LogP contribution in [0, 0.1) is 0 Å².